The molecule has 0 radical (unpaired) electrons. The second kappa shape index (κ2) is 9.55. The number of hydrogen-bond acceptors (Lipinski definition) is 4. The lowest BCUT2D eigenvalue weighted by Crippen LogP contribution is -2.38. The van der Waals surface area contributed by atoms with E-state index >= 15 is 0 Å². The van der Waals surface area contributed by atoms with Crippen LogP contribution in [0.3, 0.4) is 0 Å². The predicted octanol–water partition coefficient (Wildman–Crippen LogP) is 3.00. The van der Waals surface area contributed by atoms with E-state index in [0.717, 1.165) is 35.5 Å². The zero-order valence-electron chi connectivity index (χ0n) is 18.9. The molecule has 0 fully saturated rings. The summed E-state index contributed by atoms with van der Waals surface area (Å²) in [6, 6.07) is 12.0. The average molecular weight is 436 g/mol. The van der Waals surface area contributed by atoms with Crippen LogP contribution < -0.4 is 21.9 Å². The first-order chi connectivity index (χ1) is 15.3. The zero-order chi connectivity index (χ0) is 23.4. The lowest BCUT2D eigenvalue weighted by atomic mass is 10.2. The molecule has 0 bridgehead atoms. The Kier molecular flexibility index (Phi) is 6.82. The highest BCUT2D eigenvalue weighted by atomic mass is 16.2. The van der Waals surface area contributed by atoms with Gasteiger partial charge in [0.1, 0.15) is 5.82 Å². The van der Waals surface area contributed by atoms with Crippen LogP contribution >= 0.6 is 0 Å². The van der Waals surface area contributed by atoms with E-state index < -0.39 is 17.2 Å². The summed E-state index contributed by atoms with van der Waals surface area (Å²) >= 11 is 0. The van der Waals surface area contributed by atoms with Gasteiger partial charge in [-0.25, -0.2) is 4.79 Å². The number of nitrogens with zero attached hydrogens (tertiary/aromatic N) is 3. The summed E-state index contributed by atoms with van der Waals surface area (Å²) in [5.74, 6) is -0.439. The molecule has 0 saturated heterocycles. The minimum atomic E-state index is -0.688. The molecule has 3 aromatic rings. The van der Waals surface area contributed by atoms with E-state index in [1.807, 2.05) is 57.2 Å². The minimum Gasteiger partial charge on any atom is -0.383 e. The standard InChI is InChI=1S/C24H29N5O3/c1-5-6-14-28-22(25)21(23(31)26-24(28)32)27(4)20(30)13-12-18-15-16(2)29(17(18)3)19-10-8-7-9-11-19/h7-13,15H,5-6,14,25H2,1-4H3,(H,26,31,32)/b13-12+. The molecular formula is C24H29N5O3. The van der Waals surface area contributed by atoms with Crippen molar-refractivity contribution in [2.75, 3.05) is 17.7 Å². The van der Waals surface area contributed by atoms with Crippen LogP contribution in [0.25, 0.3) is 11.8 Å². The maximum absolute atomic E-state index is 12.8. The van der Waals surface area contributed by atoms with Crippen molar-refractivity contribution in [2.45, 2.75) is 40.2 Å². The van der Waals surface area contributed by atoms with Crippen LogP contribution in [0.1, 0.15) is 36.7 Å². The molecule has 0 aliphatic heterocycles. The number of aryl methyl sites for hydroxylation is 1. The molecule has 3 N–H and O–H groups in total. The average Bonchev–Trinajstić information content (AvgIpc) is 3.05. The lowest BCUT2D eigenvalue weighted by Gasteiger charge is -2.19. The predicted molar refractivity (Wildman–Crippen MR) is 128 cm³/mol. The highest BCUT2D eigenvalue weighted by molar-refractivity contribution is 6.04. The Hall–Kier alpha value is -3.81. The van der Waals surface area contributed by atoms with Crippen molar-refractivity contribution >= 4 is 23.5 Å². The van der Waals surface area contributed by atoms with Crippen molar-refractivity contribution in [3.8, 4) is 5.69 Å². The van der Waals surface area contributed by atoms with E-state index in [4.69, 9.17) is 5.73 Å². The van der Waals surface area contributed by atoms with Crippen LogP contribution in [-0.2, 0) is 11.3 Å². The van der Waals surface area contributed by atoms with Gasteiger partial charge in [0.15, 0.2) is 5.69 Å². The summed E-state index contributed by atoms with van der Waals surface area (Å²) in [5.41, 5.74) is 8.77. The quantitative estimate of drug-likeness (QED) is 0.557. The molecule has 2 heterocycles. The molecule has 0 unspecified atom stereocenters. The summed E-state index contributed by atoms with van der Waals surface area (Å²) in [5, 5.41) is 0. The smallest absolute Gasteiger partial charge is 0.330 e. The highest BCUT2D eigenvalue weighted by Gasteiger charge is 2.19. The number of likely N-dealkylation sites (N-methyl/N-ethyl adjacent to an activating group) is 1. The summed E-state index contributed by atoms with van der Waals surface area (Å²) in [6.45, 7) is 6.35. The van der Waals surface area contributed by atoms with Gasteiger partial charge < -0.3 is 15.2 Å². The number of unbranched alkanes of at least 4 members (excludes halogenated alkanes) is 1. The number of aromatic nitrogens is 3. The SMILES string of the molecule is CCCCn1c(N)c(N(C)C(=O)/C=C/c2cc(C)n(-c3ccccc3)c2C)c(=O)[nH]c1=O. The molecule has 3 rings (SSSR count). The van der Waals surface area contributed by atoms with E-state index in [9.17, 15) is 14.4 Å². The van der Waals surface area contributed by atoms with E-state index in [2.05, 4.69) is 9.55 Å². The van der Waals surface area contributed by atoms with Gasteiger partial charge in [0.2, 0.25) is 0 Å². The third-order valence-corrected chi connectivity index (χ3v) is 5.51. The molecule has 0 aliphatic rings. The highest BCUT2D eigenvalue weighted by Crippen LogP contribution is 2.22. The van der Waals surface area contributed by atoms with Gasteiger partial charge in [0.25, 0.3) is 11.5 Å². The van der Waals surface area contributed by atoms with Crippen LogP contribution in [0, 0.1) is 13.8 Å². The first-order valence-corrected chi connectivity index (χ1v) is 10.6. The maximum atomic E-state index is 12.8. The molecule has 0 atom stereocenters. The van der Waals surface area contributed by atoms with E-state index in [1.54, 1.807) is 6.08 Å². The Bertz CT molecular complexity index is 1270. The Labute approximate surface area is 186 Å². The molecule has 0 spiro atoms. The van der Waals surface area contributed by atoms with Crippen molar-refractivity contribution < 1.29 is 4.79 Å². The Morgan fingerprint density at radius 2 is 1.88 bits per heavy atom. The van der Waals surface area contributed by atoms with Crippen LogP contribution in [-0.4, -0.2) is 27.1 Å². The summed E-state index contributed by atoms with van der Waals surface area (Å²) < 4.78 is 3.40. The molecule has 0 saturated carbocycles. The normalized spacial score (nSPS) is 11.2. The van der Waals surface area contributed by atoms with Crippen LogP contribution in [0.15, 0.2) is 52.1 Å². The fraction of sp³-hybridized carbons (Fsp3) is 0.292. The maximum Gasteiger partial charge on any atom is 0.330 e. The second-order valence-corrected chi connectivity index (χ2v) is 7.73. The topological polar surface area (TPSA) is 106 Å². The molecule has 8 nitrogen and oxygen atoms in total. The number of aromatic amines is 1. The van der Waals surface area contributed by atoms with E-state index in [1.165, 1.54) is 22.6 Å². The van der Waals surface area contributed by atoms with Crippen LogP contribution in [0.5, 0.6) is 0 Å². The number of para-hydroxylation sites is 1. The molecule has 2 aromatic heterocycles. The number of benzene rings is 1. The molecule has 32 heavy (non-hydrogen) atoms. The third kappa shape index (κ3) is 4.44. The van der Waals surface area contributed by atoms with Gasteiger partial charge >= 0.3 is 5.69 Å². The third-order valence-electron chi connectivity index (χ3n) is 5.51. The monoisotopic (exact) mass is 435 g/mol. The Morgan fingerprint density at radius 3 is 2.53 bits per heavy atom. The van der Waals surface area contributed by atoms with Gasteiger partial charge in [-0.05, 0) is 50.1 Å². The Morgan fingerprint density at radius 1 is 1.19 bits per heavy atom. The molecule has 1 aromatic carbocycles. The summed E-state index contributed by atoms with van der Waals surface area (Å²) in [7, 11) is 1.47. The number of rotatable bonds is 7. The number of carbonyl (C=O) groups excluding carboxylic acids is 1. The van der Waals surface area contributed by atoms with Gasteiger partial charge in [-0.3, -0.25) is 19.1 Å². The fourth-order valence-corrected chi connectivity index (χ4v) is 3.75. The number of nitrogens with one attached hydrogen (secondary N) is 1. The van der Waals surface area contributed by atoms with E-state index in [-0.39, 0.29) is 11.5 Å². The number of carbonyl (C=O) groups is 1. The lowest BCUT2D eigenvalue weighted by molar-refractivity contribution is -0.113. The number of amides is 1. The fourth-order valence-electron chi connectivity index (χ4n) is 3.75. The zero-order valence-corrected chi connectivity index (χ0v) is 18.9. The number of anilines is 2. The molecular weight excluding hydrogens is 406 g/mol. The summed E-state index contributed by atoms with van der Waals surface area (Å²) in [4.78, 5) is 40.8. The summed E-state index contributed by atoms with van der Waals surface area (Å²) in [6.07, 6.45) is 4.71. The number of nitrogen functional groups attached to an aromatic ring is 1. The van der Waals surface area contributed by atoms with Crippen molar-refractivity contribution in [2.24, 2.45) is 0 Å². The van der Waals surface area contributed by atoms with Gasteiger partial charge in [0, 0.05) is 36.7 Å². The number of H-pyrrole nitrogens is 1. The molecule has 0 aliphatic carbocycles. The first-order valence-electron chi connectivity index (χ1n) is 10.6. The van der Waals surface area contributed by atoms with Gasteiger partial charge in [-0.15, -0.1) is 0 Å². The van der Waals surface area contributed by atoms with Crippen molar-refractivity contribution in [1.82, 2.24) is 14.1 Å². The second-order valence-electron chi connectivity index (χ2n) is 7.73. The van der Waals surface area contributed by atoms with Crippen molar-refractivity contribution in [1.29, 1.82) is 0 Å². The Balaban J connectivity index is 1.90. The van der Waals surface area contributed by atoms with Gasteiger partial charge in [-0.1, -0.05) is 31.5 Å². The van der Waals surface area contributed by atoms with E-state index in [0.29, 0.717) is 6.54 Å². The van der Waals surface area contributed by atoms with Crippen molar-refractivity contribution in [3.05, 3.63) is 80.3 Å². The largest absolute Gasteiger partial charge is 0.383 e. The van der Waals surface area contributed by atoms with Gasteiger partial charge in [0.05, 0.1) is 0 Å². The molecule has 168 valence electrons. The minimum absolute atomic E-state index is 0.0151. The number of nitrogens with two attached hydrogens (primary N) is 1. The molecule has 1 amide bonds. The first kappa shape index (κ1) is 22.9. The van der Waals surface area contributed by atoms with Crippen molar-refractivity contribution in [3.63, 3.8) is 0 Å². The van der Waals surface area contributed by atoms with Crippen LogP contribution in [0.2, 0.25) is 0 Å². The number of hydrogen-bond donors (Lipinski definition) is 2. The van der Waals surface area contributed by atoms with Crippen LogP contribution in [0.4, 0.5) is 11.5 Å². The molecule has 8 heteroatoms. The van der Waals surface area contributed by atoms with Gasteiger partial charge in [-0.2, -0.15) is 0 Å².